The Morgan fingerprint density at radius 2 is 2.10 bits per heavy atom. The van der Waals surface area contributed by atoms with Crippen molar-refractivity contribution in [2.24, 2.45) is 0 Å². The third kappa shape index (κ3) is 3.92. The molecular formula is C20H20F2N4O3. The van der Waals surface area contributed by atoms with Crippen molar-refractivity contribution in [1.29, 1.82) is 0 Å². The summed E-state index contributed by atoms with van der Waals surface area (Å²) in [5.41, 5.74) is 5.01. The Labute approximate surface area is 165 Å². The molecule has 2 aromatic heterocycles. The van der Waals surface area contributed by atoms with Gasteiger partial charge in [-0.3, -0.25) is 9.69 Å². The van der Waals surface area contributed by atoms with E-state index in [0.29, 0.717) is 36.6 Å². The van der Waals surface area contributed by atoms with Gasteiger partial charge in [0.15, 0.2) is 5.82 Å². The number of ether oxygens (including phenoxy) is 2. The van der Waals surface area contributed by atoms with Crippen LogP contribution < -0.4 is 10.5 Å². The summed E-state index contributed by atoms with van der Waals surface area (Å²) in [6, 6.07) is 3.69. The molecule has 4 rings (SSSR count). The van der Waals surface area contributed by atoms with Crippen LogP contribution >= 0.6 is 0 Å². The van der Waals surface area contributed by atoms with Crippen molar-refractivity contribution in [2.75, 3.05) is 45.2 Å². The van der Waals surface area contributed by atoms with Crippen molar-refractivity contribution in [2.45, 2.75) is 0 Å². The molecule has 1 saturated heterocycles. The zero-order chi connectivity index (χ0) is 20.4. The van der Waals surface area contributed by atoms with Gasteiger partial charge in [-0.15, -0.1) is 0 Å². The molecule has 7 nitrogen and oxygen atoms in total. The number of carbonyl (C=O) groups excluding carboxylic acids is 1. The van der Waals surface area contributed by atoms with Crippen molar-refractivity contribution >= 4 is 22.5 Å². The molecule has 0 bridgehead atoms. The summed E-state index contributed by atoms with van der Waals surface area (Å²) in [5.74, 6) is -2.39. The Balaban J connectivity index is 1.56. The molecule has 29 heavy (non-hydrogen) atoms. The summed E-state index contributed by atoms with van der Waals surface area (Å²) < 4.78 is 39.5. The number of aromatic amines is 1. The Morgan fingerprint density at radius 3 is 2.90 bits per heavy atom. The molecule has 1 aliphatic rings. The normalized spacial score (nSPS) is 15.0. The van der Waals surface area contributed by atoms with Crippen molar-refractivity contribution in [3.8, 4) is 5.75 Å². The van der Waals surface area contributed by atoms with E-state index in [2.05, 4.69) is 14.9 Å². The average Bonchev–Trinajstić information content (AvgIpc) is 3.15. The molecule has 3 heterocycles. The first kappa shape index (κ1) is 19.3. The molecule has 1 aliphatic heterocycles. The molecule has 0 saturated carbocycles. The highest BCUT2D eigenvalue weighted by atomic mass is 19.1. The topological polar surface area (TPSA) is 93.5 Å². The molecule has 3 aromatic rings. The smallest absolute Gasteiger partial charge is 0.201 e. The van der Waals surface area contributed by atoms with Crippen LogP contribution in [0.25, 0.3) is 11.0 Å². The third-order valence-corrected chi connectivity index (χ3v) is 4.88. The van der Waals surface area contributed by atoms with Gasteiger partial charge in [0.2, 0.25) is 5.78 Å². The van der Waals surface area contributed by atoms with E-state index < -0.39 is 23.0 Å². The summed E-state index contributed by atoms with van der Waals surface area (Å²) in [7, 11) is 0. The number of nitrogen functional groups attached to an aromatic ring is 1. The van der Waals surface area contributed by atoms with Crippen molar-refractivity contribution < 1.29 is 23.0 Å². The maximum Gasteiger partial charge on any atom is 0.201 e. The second-order valence-corrected chi connectivity index (χ2v) is 6.73. The number of ketones is 1. The first-order valence-corrected chi connectivity index (χ1v) is 9.23. The maximum atomic E-state index is 14.3. The minimum absolute atomic E-state index is 0.0922. The van der Waals surface area contributed by atoms with Crippen LogP contribution in [0.4, 0.5) is 14.5 Å². The fourth-order valence-corrected chi connectivity index (χ4v) is 3.28. The van der Waals surface area contributed by atoms with Crippen LogP contribution in [0.1, 0.15) is 15.9 Å². The monoisotopic (exact) mass is 402 g/mol. The standard InChI is InChI=1S/C20H20F2N4O3/c21-15-1-2-16(23)18(22)17(15)19(27)14-11-25-20-13(14)9-12(10-24-20)29-8-5-26-3-6-28-7-4-26/h1-2,9-11H,3-8,23H2,(H,24,25). The number of hydrogen-bond donors (Lipinski definition) is 2. The molecule has 9 heteroatoms. The Hall–Kier alpha value is -3.04. The van der Waals surface area contributed by atoms with Crippen molar-refractivity contribution in [1.82, 2.24) is 14.9 Å². The number of nitrogens with one attached hydrogen (secondary N) is 1. The lowest BCUT2D eigenvalue weighted by atomic mass is 10.0. The fraction of sp³-hybridized carbons (Fsp3) is 0.300. The highest BCUT2D eigenvalue weighted by molar-refractivity contribution is 6.16. The zero-order valence-electron chi connectivity index (χ0n) is 15.6. The van der Waals surface area contributed by atoms with Crippen molar-refractivity contribution in [3.63, 3.8) is 0 Å². The van der Waals surface area contributed by atoms with E-state index in [-0.39, 0.29) is 11.3 Å². The Kier molecular flexibility index (Phi) is 5.41. The number of nitrogens with two attached hydrogens (primary N) is 1. The number of anilines is 1. The number of pyridine rings is 1. The predicted molar refractivity (Wildman–Crippen MR) is 103 cm³/mol. The molecule has 152 valence electrons. The van der Waals surface area contributed by atoms with Gasteiger partial charge >= 0.3 is 0 Å². The zero-order valence-corrected chi connectivity index (χ0v) is 15.6. The van der Waals surface area contributed by atoms with E-state index in [1.807, 2.05) is 0 Å². The molecule has 3 N–H and O–H groups in total. The Bertz CT molecular complexity index is 1050. The fourth-order valence-electron chi connectivity index (χ4n) is 3.28. The van der Waals surface area contributed by atoms with Gasteiger partial charge < -0.3 is 20.2 Å². The van der Waals surface area contributed by atoms with E-state index in [0.717, 1.165) is 31.8 Å². The highest BCUT2D eigenvalue weighted by Gasteiger charge is 2.24. The first-order valence-electron chi connectivity index (χ1n) is 9.23. The molecule has 0 atom stereocenters. The van der Waals surface area contributed by atoms with E-state index >= 15 is 0 Å². The minimum Gasteiger partial charge on any atom is -0.491 e. The summed E-state index contributed by atoms with van der Waals surface area (Å²) in [6.45, 7) is 4.31. The number of rotatable bonds is 6. The number of fused-ring (bicyclic) bond motifs is 1. The molecule has 0 spiro atoms. The number of benzene rings is 1. The van der Waals surface area contributed by atoms with Crippen LogP contribution in [0.3, 0.4) is 0 Å². The lowest BCUT2D eigenvalue weighted by Gasteiger charge is -2.26. The largest absolute Gasteiger partial charge is 0.491 e. The maximum absolute atomic E-state index is 14.3. The molecule has 1 aromatic carbocycles. The number of morpholine rings is 1. The number of nitrogens with zero attached hydrogens (tertiary/aromatic N) is 2. The van der Waals surface area contributed by atoms with Gasteiger partial charge in [-0.05, 0) is 18.2 Å². The van der Waals surface area contributed by atoms with Crippen LogP contribution in [0.15, 0.2) is 30.6 Å². The predicted octanol–water partition coefficient (Wildman–Crippen LogP) is 2.37. The van der Waals surface area contributed by atoms with E-state index in [1.165, 1.54) is 12.4 Å². The molecule has 0 unspecified atom stereocenters. The first-order chi connectivity index (χ1) is 14.0. The molecule has 1 fully saturated rings. The summed E-state index contributed by atoms with van der Waals surface area (Å²) in [6.07, 6.45) is 2.91. The van der Waals surface area contributed by atoms with Crippen LogP contribution in [0.5, 0.6) is 5.75 Å². The van der Waals surface area contributed by atoms with Crippen molar-refractivity contribution in [3.05, 3.63) is 53.4 Å². The summed E-state index contributed by atoms with van der Waals surface area (Å²) in [5, 5.41) is 0.417. The number of aromatic nitrogens is 2. The van der Waals surface area contributed by atoms with Gasteiger partial charge in [0.05, 0.1) is 30.7 Å². The SMILES string of the molecule is Nc1ccc(F)c(C(=O)c2c[nH]c3ncc(OCCN4CCOCC4)cc23)c1F. The second kappa shape index (κ2) is 8.14. The van der Waals surface area contributed by atoms with E-state index in [9.17, 15) is 13.6 Å². The molecular weight excluding hydrogens is 382 g/mol. The highest BCUT2D eigenvalue weighted by Crippen LogP contribution is 2.27. The molecule has 0 radical (unpaired) electrons. The Morgan fingerprint density at radius 1 is 1.31 bits per heavy atom. The lowest BCUT2D eigenvalue weighted by molar-refractivity contribution is 0.0322. The van der Waals surface area contributed by atoms with Gasteiger partial charge in [-0.2, -0.15) is 0 Å². The van der Waals surface area contributed by atoms with Gasteiger partial charge in [0.25, 0.3) is 0 Å². The minimum atomic E-state index is -1.07. The van der Waals surface area contributed by atoms with Gasteiger partial charge in [0, 0.05) is 36.8 Å². The number of halogens is 2. The summed E-state index contributed by atoms with van der Waals surface area (Å²) >= 11 is 0. The second-order valence-electron chi connectivity index (χ2n) is 6.73. The van der Waals surface area contributed by atoms with Crippen LogP contribution in [0, 0.1) is 11.6 Å². The lowest BCUT2D eigenvalue weighted by Crippen LogP contribution is -2.38. The van der Waals surface area contributed by atoms with Gasteiger partial charge in [-0.1, -0.05) is 0 Å². The van der Waals surface area contributed by atoms with Gasteiger partial charge in [-0.25, -0.2) is 13.8 Å². The average molecular weight is 402 g/mol. The van der Waals surface area contributed by atoms with Crippen LogP contribution in [0.2, 0.25) is 0 Å². The number of carbonyl (C=O) groups is 1. The van der Waals surface area contributed by atoms with Crippen LogP contribution in [-0.4, -0.2) is 60.1 Å². The third-order valence-electron chi connectivity index (χ3n) is 4.88. The van der Waals surface area contributed by atoms with E-state index in [1.54, 1.807) is 6.07 Å². The quantitative estimate of drug-likeness (QED) is 0.486. The van der Waals surface area contributed by atoms with Gasteiger partial charge in [0.1, 0.15) is 23.8 Å². The number of H-pyrrole nitrogens is 1. The van der Waals surface area contributed by atoms with Crippen LogP contribution in [-0.2, 0) is 4.74 Å². The molecule has 0 amide bonds. The van der Waals surface area contributed by atoms with E-state index in [4.69, 9.17) is 15.2 Å². The molecule has 0 aliphatic carbocycles. The number of hydrogen-bond acceptors (Lipinski definition) is 6. The summed E-state index contributed by atoms with van der Waals surface area (Å²) in [4.78, 5) is 22.1.